The molecule has 0 aliphatic rings. The molecule has 0 aliphatic heterocycles. The van der Waals surface area contributed by atoms with Crippen LogP contribution in [0.25, 0.3) is 0 Å². The number of esters is 1. The molecule has 0 unspecified atom stereocenters. The maximum atomic E-state index is 11.9. The summed E-state index contributed by atoms with van der Waals surface area (Å²) in [6.45, 7) is 17.4. The second-order valence-corrected chi connectivity index (χ2v) is 8.54. The number of hydrogen-bond acceptors (Lipinski definition) is 2. The molecule has 0 rings (SSSR count). The molecule has 0 saturated carbocycles. The molecule has 164 valence electrons. The van der Waals surface area contributed by atoms with Crippen molar-refractivity contribution < 1.29 is 9.53 Å². The molecule has 29 heavy (non-hydrogen) atoms. The van der Waals surface area contributed by atoms with Gasteiger partial charge in [0.1, 0.15) is 0 Å². The Kier molecular flexibility index (Phi) is 16.0. The fraction of sp³-hybridized carbons (Fsp3) is 0.593. The van der Waals surface area contributed by atoms with Gasteiger partial charge in [-0.25, -0.2) is 0 Å². The van der Waals surface area contributed by atoms with Crippen molar-refractivity contribution in [3.05, 3.63) is 58.7 Å². The lowest BCUT2D eigenvalue weighted by Gasteiger charge is -2.06. The average molecular weight is 401 g/mol. The van der Waals surface area contributed by atoms with Crippen LogP contribution in [0.3, 0.4) is 0 Å². The molecule has 0 atom stereocenters. The molecular formula is C27H44O2. The Morgan fingerprint density at radius 3 is 1.62 bits per heavy atom. The minimum Gasteiger partial charge on any atom is -0.465 e. The van der Waals surface area contributed by atoms with Gasteiger partial charge in [0, 0.05) is 12.8 Å². The fourth-order valence-electron chi connectivity index (χ4n) is 2.85. The van der Waals surface area contributed by atoms with Crippen molar-refractivity contribution in [3.8, 4) is 0 Å². The van der Waals surface area contributed by atoms with E-state index >= 15 is 0 Å². The average Bonchev–Trinajstić information content (AvgIpc) is 2.61. The molecule has 0 aliphatic carbocycles. The van der Waals surface area contributed by atoms with Gasteiger partial charge in [-0.2, -0.15) is 0 Å². The van der Waals surface area contributed by atoms with Gasteiger partial charge in [-0.15, -0.1) is 0 Å². The van der Waals surface area contributed by atoms with Crippen LogP contribution >= 0.6 is 0 Å². The third kappa shape index (κ3) is 19.3. The van der Waals surface area contributed by atoms with E-state index in [1.807, 2.05) is 0 Å². The SMILES string of the molecule is C=C(CCC=C(C)C)CCOC(=O)CC/C=C(\C)CC/C=C(\C)CCC=C(C)C. The Morgan fingerprint density at radius 1 is 0.655 bits per heavy atom. The third-order valence-corrected chi connectivity index (χ3v) is 4.73. The van der Waals surface area contributed by atoms with E-state index in [1.165, 1.54) is 22.3 Å². The molecule has 0 N–H and O–H groups in total. The molecule has 0 aromatic carbocycles. The summed E-state index contributed by atoms with van der Waals surface area (Å²) in [6.07, 6.45) is 17.4. The zero-order valence-corrected chi connectivity index (χ0v) is 19.9. The van der Waals surface area contributed by atoms with Crippen LogP contribution in [0.4, 0.5) is 0 Å². The van der Waals surface area contributed by atoms with Crippen LogP contribution in [0.2, 0.25) is 0 Å². The molecule has 0 heterocycles. The number of carbonyl (C=O) groups is 1. The summed E-state index contributed by atoms with van der Waals surface area (Å²) >= 11 is 0. The van der Waals surface area contributed by atoms with Crippen molar-refractivity contribution in [1.82, 2.24) is 0 Å². The van der Waals surface area contributed by atoms with E-state index < -0.39 is 0 Å². The molecule has 0 radical (unpaired) electrons. The third-order valence-electron chi connectivity index (χ3n) is 4.73. The summed E-state index contributed by atoms with van der Waals surface area (Å²) in [4.78, 5) is 11.9. The summed E-state index contributed by atoms with van der Waals surface area (Å²) in [5.41, 5.74) is 6.67. The highest BCUT2D eigenvalue weighted by molar-refractivity contribution is 5.69. The highest BCUT2D eigenvalue weighted by Gasteiger charge is 2.02. The Hall–Kier alpha value is -1.83. The first-order valence-electron chi connectivity index (χ1n) is 11.1. The smallest absolute Gasteiger partial charge is 0.306 e. The monoisotopic (exact) mass is 400 g/mol. The van der Waals surface area contributed by atoms with Crippen molar-refractivity contribution in [2.24, 2.45) is 0 Å². The van der Waals surface area contributed by atoms with Crippen molar-refractivity contribution in [2.75, 3.05) is 6.61 Å². The molecule has 0 bridgehead atoms. The maximum Gasteiger partial charge on any atom is 0.306 e. The highest BCUT2D eigenvalue weighted by atomic mass is 16.5. The highest BCUT2D eigenvalue weighted by Crippen LogP contribution is 2.13. The van der Waals surface area contributed by atoms with Gasteiger partial charge in [-0.05, 0) is 86.5 Å². The summed E-state index contributed by atoms with van der Waals surface area (Å²) in [5, 5.41) is 0. The molecular weight excluding hydrogens is 356 g/mol. The lowest BCUT2D eigenvalue weighted by Crippen LogP contribution is -2.05. The second kappa shape index (κ2) is 17.1. The predicted molar refractivity (Wildman–Crippen MR) is 128 cm³/mol. The number of rotatable bonds is 15. The minimum absolute atomic E-state index is 0.110. The molecule has 2 nitrogen and oxygen atoms in total. The Bertz CT molecular complexity index is 606. The van der Waals surface area contributed by atoms with Crippen LogP contribution in [-0.2, 0) is 9.53 Å². The lowest BCUT2D eigenvalue weighted by molar-refractivity contribution is -0.143. The summed E-state index contributed by atoms with van der Waals surface area (Å²) in [5.74, 6) is -0.110. The number of allylic oxidation sites excluding steroid dienone is 8. The summed E-state index contributed by atoms with van der Waals surface area (Å²) in [7, 11) is 0. The van der Waals surface area contributed by atoms with Crippen molar-refractivity contribution in [2.45, 2.75) is 99.3 Å². The van der Waals surface area contributed by atoms with E-state index in [1.54, 1.807) is 0 Å². The Labute approximate surface area is 180 Å². The molecule has 0 spiro atoms. The van der Waals surface area contributed by atoms with E-state index in [4.69, 9.17) is 4.74 Å². The van der Waals surface area contributed by atoms with Crippen LogP contribution in [0.5, 0.6) is 0 Å². The normalized spacial score (nSPS) is 11.8. The van der Waals surface area contributed by atoms with E-state index in [2.05, 4.69) is 72.4 Å². The largest absolute Gasteiger partial charge is 0.465 e. The summed E-state index contributed by atoms with van der Waals surface area (Å²) in [6, 6.07) is 0. The first kappa shape index (κ1) is 27.2. The lowest BCUT2D eigenvalue weighted by atomic mass is 10.1. The van der Waals surface area contributed by atoms with Crippen LogP contribution < -0.4 is 0 Å². The van der Waals surface area contributed by atoms with E-state index in [0.717, 1.165) is 56.9 Å². The predicted octanol–water partition coefficient (Wildman–Crippen LogP) is 8.42. The fourth-order valence-corrected chi connectivity index (χ4v) is 2.85. The Morgan fingerprint density at radius 2 is 1.10 bits per heavy atom. The molecule has 0 fully saturated rings. The van der Waals surface area contributed by atoms with Crippen LogP contribution in [-0.4, -0.2) is 12.6 Å². The van der Waals surface area contributed by atoms with Crippen LogP contribution in [0.15, 0.2) is 58.7 Å². The van der Waals surface area contributed by atoms with Gasteiger partial charge in [0.05, 0.1) is 6.61 Å². The number of ether oxygens (including phenoxy) is 1. The molecule has 0 aromatic rings. The van der Waals surface area contributed by atoms with Crippen molar-refractivity contribution >= 4 is 5.97 Å². The first-order chi connectivity index (χ1) is 13.7. The zero-order valence-electron chi connectivity index (χ0n) is 19.9. The van der Waals surface area contributed by atoms with E-state index in [9.17, 15) is 4.79 Å². The maximum absolute atomic E-state index is 11.9. The zero-order chi connectivity index (χ0) is 22.1. The first-order valence-corrected chi connectivity index (χ1v) is 11.1. The van der Waals surface area contributed by atoms with Gasteiger partial charge in [0.15, 0.2) is 0 Å². The van der Waals surface area contributed by atoms with Gasteiger partial charge < -0.3 is 4.74 Å². The van der Waals surface area contributed by atoms with E-state index in [-0.39, 0.29) is 5.97 Å². The van der Waals surface area contributed by atoms with Crippen molar-refractivity contribution in [1.29, 1.82) is 0 Å². The molecule has 0 saturated heterocycles. The quantitative estimate of drug-likeness (QED) is 0.204. The van der Waals surface area contributed by atoms with Gasteiger partial charge in [0.25, 0.3) is 0 Å². The molecule has 0 amide bonds. The van der Waals surface area contributed by atoms with Gasteiger partial charge >= 0.3 is 5.97 Å². The topological polar surface area (TPSA) is 26.3 Å². The Balaban J connectivity index is 3.90. The van der Waals surface area contributed by atoms with Crippen LogP contribution in [0.1, 0.15) is 99.3 Å². The van der Waals surface area contributed by atoms with Crippen molar-refractivity contribution in [3.63, 3.8) is 0 Å². The summed E-state index contributed by atoms with van der Waals surface area (Å²) < 4.78 is 5.33. The number of hydrogen-bond donors (Lipinski definition) is 0. The van der Waals surface area contributed by atoms with Gasteiger partial charge in [0.2, 0.25) is 0 Å². The van der Waals surface area contributed by atoms with Crippen LogP contribution in [0, 0.1) is 0 Å². The molecule has 2 heteroatoms. The number of carbonyl (C=O) groups excluding carboxylic acids is 1. The second-order valence-electron chi connectivity index (χ2n) is 8.54. The minimum atomic E-state index is -0.110. The van der Waals surface area contributed by atoms with Gasteiger partial charge in [-0.3, -0.25) is 4.79 Å². The van der Waals surface area contributed by atoms with Gasteiger partial charge in [-0.1, -0.05) is 58.7 Å². The van der Waals surface area contributed by atoms with E-state index in [0.29, 0.717) is 13.0 Å². The standard InChI is InChI=1S/C27H44O2/c1-22(2)12-8-14-24(5)16-10-17-25(6)18-11-19-27(28)29-21-20-26(7)15-9-13-23(3)4/h12-13,16,18H,7-11,14-15,17,19-21H2,1-6H3/b24-16+,25-18+. The molecule has 0 aromatic heterocycles.